The normalized spacial score (nSPS) is 13.8. The third kappa shape index (κ3) is 4.44. The molecule has 0 fully saturated rings. The fraction of sp³-hybridized carbons (Fsp3) is 0.235. The van der Waals surface area contributed by atoms with Gasteiger partial charge in [0.25, 0.3) is 0 Å². The van der Waals surface area contributed by atoms with Gasteiger partial charge in [-0.25, -0.2) is 0 Å². The Kier molecular flexibility index (Phi) is 5.75. The van der Waals surface area contributed by atoms with E-state index in [1.54, 1.807) is 55.7 Å². The van der Waals surface area contributed by atoms with Gasteiger partial charge in [-0.3, -0.25) is 4.79 Å². The van der Waals surface area contributed by atoms with Crippen molar-refractivity contribution in [2.45, 2.75) is 19.1 Å². The molecule has 0 spiro atoms. The Labute approximate surface area is 134 Å². The van der Waals surface area contributed by atoms with Crippen LogP contribution in [0.5, 0.6) is 5.75 Å². The van der Waals surface area contributed by atoms with Crippen molar-refractivity contribution in [2.24, 2.45) is 0 Å². The maximum atomic E-state index is 11.9. The summed E-state index contributed by atoms with van der Waals surface area (Å²) in [4.78, 5) is 12.9. The zero-order chi connectivity index (χ0) is 15.9. The molecule has 2 rings (SSSR count). The van der Waals surface area contributed by atoms with Crippen LogP contribution in [0.25, 0.3) is 6.08 Å². The molecule has 5 heteroatoms. The number of thiophene rings is 1. The first-order chi connectivity index (χ1) is 10.6. The van der Waals surface area contributed by atoms with E-state index in [0.29, 0.717) is 0 Å². The van der Waals surface area contributed by atoms with Crippen LogP contribution in [0.1, 0.15) is 23.5 Å². The van der Waals surface area contributed by atoms with Gasteiger partial charge in [0.15, 0.2) is 0 Å². The molecule has 22 heavy (non-hydrogen) atoms. The molecule has 0 aliphatic carbocycles. The van der Waals surface area contributed by atoms with Crippen LogP contribution in [0.4, 0.5) is 0 Å². The molecule has 1 amide bonds. The van der Waals surface area contributed by atoms with Crippen molar-refractivity contribution in [3.63, 3.8) is 0 Å². The number of nitrogens with one attached hydrogen (secondary N) is 1. The van der Waals surface area contributed by atoms with Crippen LogP contribution in [-0.2, 0) is 4.79 Å². The number of aliphatic hydroxyl groups is 1. The van der Waals surface area contributed by atoms with Crippen LogP contribution in [-0.4, -0.2) is 24.2 Å². The summed E-state index contributed by atoms with van der Waals surface area (Å²) in [6.07, 6.45) is 2.46. The van der Waals surface area contributed by atoms with Crippen LogP contribution < -0.4 is 10.1 Å². The Balaban J connectivity index is 1.92. The summed E-state index contributed by atoms with van der Waals surface area (Å²) < 4.78 is 5.08. The van der Waals surface area contributed by atoms with E-state index in [9.17, 15) is 9.90 Å². The molecule has 0 aliphatic heterocycles. The van der Waals surface area contributed by atoms with Gasteiger partial charge in [0.1, 0.15) is 5.75 Å². The van der Waals surface area contributed by atoms with E-state index in [1.807, 2.05) is 17.5 Å². The summed E-state index contributed by atoms with van der Waals surface area (Å²) in [5.41, 5.74) is 0.732. The standard InChI is InChI=1S/C17H19NO3S/c1-12(17(20)13-5-7-14(21-2)8-6-13)18-16(19)10-9-15-4-3-11-22-15/h3-12,17,20H,1-2H3,(H,18,19)/b10-9+. The largest absolute Gasteiger partial charge is 0.497 e. The molecule has 1 heterocycles. The Morgan fingerprint density at radius 2 is 2.05 bits per heavy atom. The predicted octanol–water partition coefficient (Wildman–Crippen LogP) is 3.01. The summed E-state index contributed by atoms with van der Waals surface area (Å²) in [6, 6.07) is 10.6. The van der Waals surface area contributed by atoms with Gasteiger partial charge in [-0.05, 0) is 42.1 Å². The Hall–Kier alpha value is -2.11. The lowest BCUT2D eigenvalue weighted by Gasteiger charge is -2.20. The smallest absolute Gasteiger partial charge is 0.244 e. The number of methoxy groups -OCH3 is 1. The van der Waals surface area contributed by atoms with Crippen molar-refractivity contribution in [2.75, 3.05) is 7.11 Å². The first-order valence-corrected chi connectivity index (χ1v) is 7.82. The summed E-state index contributed by atoms with van der Waals surface area (Å²) in [5, 5.41) is 15.0. The number of hydrogen-bond donors (Lipinski definition) is 2. The van der Waals surface area contributed by atoms with Crippen molar-refractivity contribution in [3.8, 4) is 5.75 Å². The number of aliphatic hydroxyl groups excluding tert-OH is 1. The van der Waals surface area contributed by atoms with Gasteiger partial charge < -0.3 is 15.2 Å². The van der Waals surface area contributed by atoms with Crippen molar-refractivity contribution in [1.82, 2.24) is 5.32 Å². The summed E-state index contributed by atoms with van der Waals surface area (Å²) in [6.45, 7) is 1.77. The number of carbonyl (C=O) groups excluding carboxylic acids is 1. The summed E-state index contributed by atoms with van der Waals surface area (Å²) in [5.74, 6) is 0.500. The number of carbonyl (C=O) groups is 1. The molecule has 0 aliphatic rings. The van der Waals surface area contributed by atoms with E-state index in [-0.39, 0.29) is 5.91 Å². The Morgan fingerprint density at radius 3 is 2.64 bits per heavy atom. The first-order valence-electron chi connectivity index (χ1n) is 6.94. The molecule has 2 unspecified atom stereocenters. The molecule has 2 aromatic rings. The minimum atomic E-state index is -0.773. The van der Waals surface area contributed by atoms with Gasteiger partial charge in [0.05, 0.1) is 19.3 Å². The van der Waals surface area contributed by atoms with Crippen molar-refractivity contribution in [1.29, 1.82) is 0 Å². The van der Waals surface area contributed by atoms with E-state index in [0.717, 1.165) is 16.2 Å². The molecule has 2 atom stereocenters. The van der Waals surface area contributed by atoms with Crippen molar-refractivity contribution < 1.29 is 14.6 Å². The van der Waals surface area contributed by atoms with Crippen LogP contribution in [0.2, 0.25) is 0 Å². The third-order valence-corrected chi connectivity index (χ3v) is 4.08. The lowest BCUT2D eigenvalue weighted by molar-refractivity contribution is -0.117. The second-order valence-electron chi connectivity index (χ2n) is 4.86. The van der Waals surface area contributed by atoms with Gasteiger partial charge in [-0.15, -0.1) is 11.3 Å². The van der Waals surface area contributed by atoms with Gasteiger partial charge in [0, 0.05) is 11.0 Å². The van der Waals surface area contributed by atoms with Crippen LogP contribution >= 0.6 is 11.3 Å². The Morgan fingerprint density at radius 1 is 1.32 bits per heavy atom. The fourth-order valence-corrected chi connectivity index (χ4v) is 2.60. The van der Waals surface area contributed by atoms with Gasteiger partial charge in [-0.2, -0.15) is 0 Å². The van der Waals surface area contributed by atoms with Gasteiger partial charge in [-0.1, -0.05) is 18.2 Å². The third-order valence-electron chi connectivity index (χ3n) is 3.24. The number of hydrogen-bond acceptors (Lipinski definition) is 4. The molecule has 1 aromatic heterocycles. The number of amides is 1. The molecular formula is C17H19NO3S. The maximum Gasteiger partial charge on any atom is 0.244 e. The second-order valence-corrected chi connectivity index (χ2v) is 5.84. The van der Waals surface area contributed by atoms with E-state index < -0.39 is 12.1 Å². The molecule has 0 bridgehead atoms. The lowest BCUT2D eigenvalue weighted by atomic mass is 10.0. The van der Waals surface area contributed by atoms with E-state index in [1.165, 1.54) is 6.08 Å². The highest BCUT2D eigenvalue weighted by Gasteiger charge is 2.17. The lowest BCUT2D eigenvalue weighted by Crippen LogP contribution is -2.36. The monoisotopic (exact) mass is 317 g/mol. The zero-order valence-corrected chi connectivity index (χ0v) is 13.3. The van der Waals surface area contributed by atoms with Crippen molar-refractivity contribution in [3.05, 3.63) is 58.3 Å². The van der Waals surface area contributed by atoms with Gasteiger partial charge >= 0.3 is 0 Å². The second kappa shape index (κ2) is 7.77. The zero-order valence-electron chi connectivity index (χ0n) is 12.5. The maximum absolute atomic E-state index is 11.9. The molecule has 1 aromatic carbocycles. The average molecular weight is 317 g/mol. The SMILES string of the molecule is COc1ccc(C(O)C(C)NC(=O)/C=C/c2cccs2)cc1. The Bertz CT molecular complexity index is 620. The van der Waals surface area contributed by atoms with Crippen LogP contribution in [0, 0.1) is 0 Å². The minimum Gasteiger partial charge on any atom is -0.497 e. The van der Waals surface area contributed by atoms with E-state index in [2.05, 4.69) is 5.32 Å². The van der Waals surface area contributed by atoms with Gasteiger partial charge in [0.2, 0.25) is 5.91 Å². The number of rotatable bonds is 6. The fourth-order valence-electron chi connectivity index (χ4n) is 1.99. The molecular weight excluding hydrogens is 298 g/mol. The van der Waals surface area contributed by atoms with E-state index >= 15 is 0 Å². The highest BCUT2D eigenvalue weighted by atomic mass is 32.1. The quantitative estimate of drug-likeness (QED) is 0.805. The number of benzene rings is 1. The first kappa shape index (κ1) is 16.3. The molecule has 0 radical (unpaired) electrons. The molecule has 4 nitrogen and oxygen atoms in total. The molecule has 116 valence electrons. The summed E-state index contributed by atoms with van der Waals surface area (Å²) in [7, 11) is 1.59. The molecule has 2 N–H and O–H groups in total. The minimum absolute atomic E-state index is 0.228. The highest BCUT2D eigenvalue weighted by molar-refractivity contribution is 7.10. The highest BCUT2D eigenvalue weighted by Crippen LogP contribution is 2.20. The predicted molar refractivity (Wildman–Crippen MR) is 88.9 cm³/mol. The van der Waals surface area contributed by atoms with Crippen molar-refractivity contribution >= 4 is 23.3 Å². The molecule has 0 saturated carbocycles. The topological polar surface area (TPSA) is 58.6 Å². The summed E-state index contributed by atoms with van der Waals surface area (Å²) >= 11 is 1.56. The number of ether oxygens (including phenoxy) is 1. The molecule has 0 saturated heterocycles. The van der Waals surface area contributed by atoms with Crippen LogP contribution in [0.15, 0.2) is 47.9 Å². The van der Waals surface area contributed by atoms with E-state index in [4.69, 9.17) is 4.74 Å². The average Bonchev–Trinajstić information content (AvgIpc) is 3.05. The van der Waals surface area contributed by atoms with Crippen LogP contribution in [0.3, 0.4) is 0 Å².